The SMILES string of the molecule is C=CC(=O)Nc1ccccc1Nc1nc(Nc2ccc3c(c2)/C(=C/c2ccccc2)C(=O)N3)ncc1C. The minimum Gasteiger partial charge on any atom is -0.338 e. The summed E-state index contributed by atoms with van der Waals surface area (Å²) >= 11 is 0. The number of hydrogen-bond donors (Lipinski definition) is 4. The van der Waals surface area contributed by atoms with Crippen molar-refractivity contribution in [2.24, 2.45) is 0 Å². The van der Waals surface area contributed by atoms with Gasteiger partial charge in [0.2, 0.25) is 11.9 Å². The van der Waals surface area contributed by atoms with Crippen LogP contribution >= 0.6 is 0 Å². The molecule has 0 saturated carbocycles. The van der Waals surface area contributed by atoms with Crippen LogP contribution in [0.4, 0.5) is 34.5 Å². The number of amides is 2. The maximum absolute atomic E-state index is 12.6. The Bertz CT molecular complexity index is 1550. The Morgan fingerprint density at radius 3 is 2.51 bits per heavy atom. The number of aryl methyl sites for hydroxylation is 1. The van der Waals surface area contributed by atoms with E-state index in [0.29, 0.717) is 28.7 Å². The third-order valence-electron chi connectivity index (χ3n) is 5.76. The summed E-state index contributed by atoms with van der Waals surface area (Å²) in [6.45, 7) is 5.39. The van der Waals surface area contributed by atoms with E-state index in [9.17, 15) is 9.59 Å². The fraction of sp³-hybridized carbons (Fsp3) is 0.0345. The predicted molar refractivity (Wildman–Crippen MR) is 148 cm³/mol. The minimum absolute atomic E-state index is 0.142. The zero-order valence-electron chi connectivity index (χ0n) is 20.1. The van der Waals surface area contributed by atoms with Gasteiger partial charge in [-0.3, -0.25) is 9.59 Å². The summed E-state index contributed by atoms with van der Waals surface area (Å²) < 4.78 is 0. The number of anilines is 6. The van der Waals surface area contributed by atoms with Gasteiger partial charge in [-0.15, -0.1) is 0 Å². The lowest BCUT2D eigenvalue weighted by Crippen LogP contribution is -2.10. The fourth-order valence-electron chi connectivity index (χ4n) is 3.90. The van der Waals surface area contributed by atoms with Gasteiger partial charge >= 0.3 is 0 Å². The van der Waals surface area contributed by atoms with Gasteiger partial charge < -0.3 is 21.3 Å². The maximum Gasteiger partial charge on any atom is 0.256 e. The molecular weight excluding hydrogens is 464 g/mol. The molecule has 0 bridgehead atoms. The maximum atomic E-state index is 12.6. The summed E-state index contributed by atoms with van der Waals surface area (Å²) in [6.07, 6.45) is 4.80. The second-order valence-corrected chi connectivity index (χ2v) is 8.40. The Kier molecular flexibility index (Phi) is 6.46. The van der Waals surface area contributed by atoms with Crippen molar-refractivity contribution in [2.45, 2.75) is 6.92 Å². The molecule has 4 aromatic rings. The lowest BCUT2D eigenvalue weighted by molar-refractivity contribution is -0.112. The fourth-order valence-corrected chi connectivity index (χ4v) is 3.90. The second kappa shape index (κ2) is 10.2. The molecule has 2 amide bonds. The smallest absolute Gasteiger partial charge is 0.256 e. The van der Waals surface area contributed by atoms with Gasteiger partial charge in [0, 0.05) is 34.3 Å². The quantitative estimate of drug-likeness (QED) is 0.242. The molecule has 0 fully saturated rings. The van der Waals surface area contributed by atoms with Gasteiger partial charge in [0.1, 0.15) is 5.82 Å². The van der Waals surface area contributed by atoms with Crippen LogP contribution in [0.15, 0.2) is 91.6 Å². The summed E-state index contributed by atoms with van der Waals surface area (Å²) in [7, 11) is 0. The van der Waals surface area contributed by atoms with E-state index in [1.165, 1.54) is 6.08 Å². The molecule has 0 spiro atoms. The third kappa shape index (κ3) is 5.23. The first-order valence-corrected chi connectivity index (χ1v) is 11.6. The van der Waals surface area contributed by atoms with Crippen molar-refractivity contribution in [3.63, 3.8) is 0 Å². The molecule has 0 aliphatic carbocycles. The molecule has 2 heterocycles. The number of carbonyl (C=O) groups is 2. The second-order valence-electron chi connectivity index (χ2n) is 8.40. The number of nitrogens with one attached hydrogen (secondary N) is 4. The van der Waals surface area contributed by atoms with Crippen LogP contribution in [0.2, 0.25) is 0 Å². The predicted octanol–water partition coefficient (Wildman–Crippen LogP) is 5.89. The first-order valence-electron chi connectivity index (χ1n) is 11.6. The van der Waals surface area contributed by atoms with E-state index in [0.717, 1.165) is 28.1 Å². The van der Waals surface area contributed by atoms with Crippen molar-refractivity contribution >= 4 is 58.0 Å². The molecule has 0 saturated heterocycles. The molecule has 1 aliphatic rings. The Morgan fingerprint density at radius 2 is 1.73 bits per heavy atom. The summed E-state index contributed by atoms with van der Waals surface area (Å²) in [5, 5.41) is 12.2. The van der Waals surface area contributed by atoms with Crippen LogP contribution in [-0.4, -0.2) is 21.8 Å². The highest BCUT2D eigenvalue weighted by Crippen LogP contribution is 2.36. The van der Waals surface area contributed by atoms with Gasteiger partial charge in [0.15, 0.2) is 0 Å². The molecule has 5 rings (SSSR count). The summed E-state index contributed by atoms with van der Waals surface area (Å²) in [5.41, 5.74) is 5.95. The van der Waals surface area contributed by atoms with E-state index in [4.69, 9.17) is 0 Å². The van der Waals surface area contributed by atoms with Gasteiger partial charge in [-0.05, 0) is 55.0 Å². The number of fused-ring (bicyclic) bond motifs is 1. The van der Waals surface area contributed by atoms with Crippen molar-refractivity contribution in [1.29, 1.82) is 0 Å². The van der Waals surface area contributed by atoms with Gasteiger partial charge in [-0.1, -0.05) is 49.0 Å². The topological polar surface area (TPSA) is 108 Å². The third-order valence-corrected chi connectivity index (χ3v) is 5.76. The van der Waals surface area contributed by atoms with Crippen LogP contribution in [-0.2, 0) is 9.59 Å². The van der Waals surface area contributed by atoms with E-state index in [1.807, 2.05) is 79.7 Å². The first kappa shape index (κ1) is 23.5. The van der Waals surface area contributed by atoms with E-state index in [1.54, 1.807) is 12.3 Å². The zero-order chi connectivity index (χ0) is 25.8. The molecule has 1 aromatic heterocycles. The largest absolute Gasteiger partial charge is 0.338 e. The van der Waals surface area contributed by atoms with Gasteiger partial charge in [-0.2, -0.15) is 4.98 Å². The number of nitrogens with zero attached hydrogens (tertiary/aromatic N) is 2. The number of benzene rings is 3. The Hall–Kier alpha value is -5.24. The van der Waals surface area contributed by atoms with Crippen molar-refractivity contribution in [2.75, 3.05) is 21.3 Å². The molecule has 8 heteroatoms. The molecule has 8 nitrogen and oxygen atoms in total. The molecule has 3 aromatic carbocycles. The molecule has 4 N–H and O–H groups in total. The van der Waals surface area contributed by atoms with E-state index in [-0.39, 0.29) is 11.8 Å². The monoisotopic (exact) mass is 488 g/mol. The highest BCUT2D eigenvalue weighted by molar-refractivity contribution is 6.35. The van der Waals surface area contributed by atoms with Crippen LogP contribution < -0.4 is 21.3 Å². The average molecular weight is 489 g/mol. The van der Waals surface area contributed by atoms with E-state index >= 15 is 0 Å². The normalized spacial score (nSPS) is 13.0. The van der Waals surface area contributed by atoms with Gasteiger partial charge in [0.25, 0.3) is 5.91 Å². The van der Waals surface area contributed by atoms with Crippen LogP contribution in [0.3, 0.4) is 0 Å². The zero-order valence-corrected chi connectivity index (χ0v) is 20.1. The Balaban J connectivity index is 1.40. The number of para-hydroxylation sites is 2. The molecular formula is C29H24N6O2. The molecule has 182 valence electrons. The van der Waals surface area contributed by atoms with Crippen LogP contribution in [0.25, 0.3) is 11.6 Å². The summed E-state index contributed by atoms with van der Waals surface area (Å²) in [6, 6.07) is 22.7. The van der Waals surface area contributed by atoms with Crippen LogP contribution in [0.5, 0.6) is 0 Å². The highest BCUT2D eigenvalue weighted by atomic mass is 16.2. The molecule has 1 aliphatic heterocycles. The van der Waals surface area contributed by atoms with Gasteiger partial charge in [0.05, 0.1) is 11.4 Å². The van der Waals surface area contributed by atoms with Crippen molar-refractivity contribution in [3.05, 3.63) is 108 Å². The van der Waals surface area contributed by atoms with E-state index in [2.05, 4.69) is 37.8 Å². The van der Waals surface area contributed by atoms with E-state index < -0.39 is 0 Å². The molecule has 0 radical (unpaired) electrons. The van der Waals surface area contributed by atoms with Gasteiger partial charge in [-0.25, -0.2) is 4.98 Å². The lowest BCUT2D eigenvalue weighted by Gasteiger charge is -2.14. The molecule has 0 atom stereocenters. The number of aromatic nitrogens is 2. The Morgan fingerprint density at radius 1 is 0.973 bits per heavy atom. The molecule has 0 unspecified atom stereocenters. The number of hydrogen-bond acceptors (Lipinski definition) is 6. The first-order chi connectivity index (χ1) is 18.0. The van der Waals surface area contributed by atoms with Crippen molar-refractivity contribution < 1.29 is 9.59 Å². The van der Waals surface area contributed by atoms with Crippen molar-refractivity contribution in [3.8, 4) is 0 Å². The standard InChI is InChI=1S/C29H24N6O2/c1-3-26(36)32-24-11-7-8-12-25(24)33-27-18(2)17-30-29(35-27)31-20-13-14-23-21(16-20)22(28(37)34-23)15-19-9-5-4-6-10-19/h3-17H,1H2,2H3,(H,32,36)(H,34,37)(H2,30,31,33,35)/b22-15-. The highest BCUT2D eigenvalue weighted by Gasteiger charge is 2.24. The van der Waals surface area contributed by atoms with Crippen LogP contribution in [0.1, 0.15) is 16.7 Å². The summed E-state index contributed by atoms with van der Waals surface area (Å²) in [4.78, 5) is 33.5. The number of carbonyl (C=O) groups excluding carboxylic acids is 2. The lowest BCUT2D eigenvalue weighted by atomic mass is 10.0. The minimum atomic E-state index is -0.304. The number of rotatable bonds is 7. The van der Waals surface area contributed by atoms with Crippen LogP contribution in [0, 0.1) is 6.92 Å². The molecule has 37 heavy (non-hydrogen) atoms. The Labute approximate surface area is 214 Å². The van der Waals surface area contributed by atoms with Crippen molar-refractivity contribution in [1.82, 2.24) is 9.97 Å². The summed E-state index contributed by atoms with van der Waals surface area (Å²) in [5.74, 6) is 0.518. The average Bonchev–Trinajstić information content (AvgIpc) is 3.21.